The number of fused-ring (bicyclic) bond motifs is 2. The zero-order chi connectivity index (χ0) is 25.4. The number of nitrogens with zero attached hydrogens (tertiary/aromatic N) is 4. The number of amides is 2. The van der Waals surface area contributed by atoms with Gasteiger partial charge in [-0.3, -0.25) is 4.79 Å². The van der Waals surface area contributed by atoms with Crippen LogP contribution in [0.5, 0.6) is 0 Å². The molecule has 0 aromatic heterocycles. The van der Waals surface area contributed by atoms with E-state index in [0.29, 0.717) is 42.2 Å². The third kappa shape index (κ3) is 4.87. The summed E-state index contributed by atoms with van der Waals surface area (Å²) in [5.41, 5.74) is 3.70. The second-order valence-electron chi connectivity index (χ2n) is 10.2. The van der Waals surface area contributed by atoms with Crippen molar-refractivity contribution in [3.8, 4) is 6.19 Å². The maximum atomic E-state index is 13.5. The van der Waals surface area contributed by atoms with Gasteiger partial charge in [0.25, 0.3) is 0 Å². The zero-order valence-corrected chi connectivity index (χ0v) is 21.3. The lowest BCUT2D eigenvalue weighted by Gasteiger charge is -2.28. The van der Waals surface area contributed by atoms with Crippen molar-refractivity contribution in [2.75, 3.05) is 10.8 Å². The molecule has 3 aliphatic rings. The first-order valence-electron chi connectivity index (χ1n) is 12.1. The number of likely N-dealkylation sites (tertiary alicyclic amines) is 1. The summed E-state index contributed by atoms with van der Waals surface area (Å²) >= 11 is 0. The van der Waals surface area contributed by atoms with Crippen molar-refractivity contribution in [2.45, 2.75) is 83.8 Å². The Labute approximate surface area is 207 Å². The van der Waals surface area contributed by atoms with Crippen molar-refractivity contribution < 1.29 is 22.7 Å². The van der Waals surface area contributed by atoms with Gasteiger partial charge in [-0.25, -0.2) is 4.79 Å². The fourth-order valence-corrected chi connectivity index (χ4v) is 6.33. The molecule has 2 amide bonds. The highest BCUT2D eigenvalue weighted by atomic mass is 32.2. The Hall–Kier alpha value is -3.06. The molecular weight excluding hydrogens is 468 g/mol. The van der Waals surface area contributed by atoms with E-state index in [1.54, 1.807) is 27.0 Å². The molecule has 0 radical (unpaired) electrons. The minimum Gasteiger partial charge on any atom is -0.444 e. The van der Waals surface area contributed by atoms with Gasteiger partial charge in [-0.2, -0.15) is 22.3 Å². The van der Waals surface area contributed by atoms with E-state index in [9.17, 15) is 23.3 Å². The van der Waals surface area contributed by atoms with E-state index < -0.39 is 27.9 Å². The topological polar surface area (TPSA) is 111 Å². The Balaban J connectivity index is 1.63. The second-order valence-corrected chi connectivity index (χ2v) is 11.9. The van der Waals surface area contributed by atoms with Crippen LogP contribution in [0, 0.1) is 11.5 Å². The monoisotopic (exact) mass is 500 g/mol. The van der Waals surface area contributed by atoms with E-state index in [4.69, 9.17) is 4.74 Å². The molecule has 35 heavy (non-hydrogen) atoms. The van der Waals surface area contributed by atoms with Gasteiger partial charge in [-0.15, -0.1) is 0 Å². The Morgan fingerprint density at radius 2 is 1.77 bits per heavy atom. The molecule has 9 nitrogen and oxygen atoms in total. The minimum atomic E-state index is -4.50. The van der Waals surface area contributed by atoms with E-state index in [1.807, 2.05) is 0 Å². The zero-order valence-electron chi connectivity index (χ0n) is 20.5. The molecule has 1 saturated heterocycles. The van der Waals surface area contributed by atoms with Crippen LogP contribution in [0.3, 0.4) is 0 Å². The SMILES string of the molecule is CC(C)(C)OC(=O)N1CCC[C@@H]1/C=C/N(C#N)S(=O)(=O)N(C=O)c1c2c(cc3c1CCC3)CCC2. The largest absolute Gasteiger partial charge is 0.444 e. The Bertz CT molecular complexity index is 1160. The van der Waals surface area contributed by atoms with Crippen molar-refractivity contribution in [1.29, 1.82) is 5.26 Å². The Morgan fingerprint density at radius 1 is 1.14 bits per heavy atom. The van der Waals surface area contributed by atoms with Crippen LogP contribution in [0.2, 0.25) is 0 Å². The molecule has 4 rings (SSSR count). The number of ether oxygens (including phenoxy) is 1. The molecular formula is C25H32N4O5S. The molecule has 1 aromatic rings. The molecule has 1 fully saturated rings. The van der Waals surface area contributed by atoms with Crippen LogP contribution in [-0.2, 0) is 45.4 Å². The smallest absolute Gasteiger partial charge is 0.410 e. The van der Waals surface area contributed by atoms with Gasteiger partial charge in [-0.05, 0) is 100 Å². The summed E-state index contributed by atoms with van der Waals surface area (Å²) in [7, 11) is -4.50. The van der Waals surface area contributed by atoms with Crippen LogP contribution in [0.1, 0.15) is 68.7 Å². The Morgan fingerprint density at radius 3 is 2.31 bits per heavy atom. The molecule has 10 heteroatoms. The number of nitriles is 1. The average Bonchev–Trinajstić information content (AvgIpc) is 3.53. The van der Waals surface area contributed by atoms with Crippen molar-refractivity contribution in [3.63, 3.8) is 0 Å². The average molecular weight is 501 g/mol. The number of hydrogen-bond acceptors (Lipinski definition) is 6. The summed E-state index contributed by atoms with van der Waals surface area (Å²) in [5, 5.41) is 9.74. The van der Waals surface area contributed by atoms with Crippen molar-refractivity contribution in [2.24, 2.45) is 0 Å². The second kappa shape index (κ2) is 9.53. The molecule has 0 bridgehead atoms. The molecule has 0 spiro atoms. The maximum Gasteiger partial charge on any atom is 0.410 e. The lowest BCUT2D eigenvalue weighted by Crippen LogP contribution is -2.41. The van der Waals surface area contributed by atoms with Gasteiger partial charge >= 0.3 is 16.3 Å². The number of benzene rings is 1. The van der Waals surface area contributed by atoms with Crippen molar-refractivity contribution in [1.82, 2.24) is 9.21 Å². The van der Waals surface area contributed by atoms with E-state index >= 15 is 0 Å². The summed E-state index contributed by atoms with van der Waals surface area (Å²) in [5.74, 6) is 0. The summed E-state index contributed by atoms with van der Waals surface area (Å²) < 4.78 is 33.8. The van der Waals surface area contributed by atoms with Crippen LogP contribution < -0.4 is 4.31 Å². The molecule has 188 valence electrons. The summed E-state index contributed by atoms with van der Waals surface area (Å²) in [6.45, 7) is 5.81. The highest BCUT2D eigenvalue weighted by molar-refractivity contribution is 7.91. The van der Waals surface area contributed by atoms with Crippen LogP contribution in [0.15, 0.2) is 18.3 Å². The standard InChI is InChI=1S/C25H32N4O5S/c1-25(2,3)34-24(31)28-13-6-9-20(28)12-14-27(16-26)35(32,33)29(17-30)23-21-10-4-7-18(21)15-19-8-5-11-22(19)23/h12,14-15,17,20H,4-11,13H2,1-3H3/b14-12+/t20-/m1/s1. The van der Waals surface area contributed by atoms with Crippen LogP contribution in [0.25, 0.3) is 0 Å². The highest BCUT2D eigenvalue weighted by Crippen LogP contribution is 2.41. The van der Waals surface area contributed by atoms with Crippen LogP contribution >= 0.6 is 0 Å². The lowest BCUT2D eigenvalue weighted by atomic mass is 9.99. The first-order chi connectivity index (χ1) is 16.6. The Kier molecular flexibility index (Phi) is 6.82. The third-order valence-corrected chi connectivity index (χ3v) is 8.19. The van der Waals surface area contributed by atoms with E-state index in [1.165, 1.54) is 11.0 Å². The maximum absolute atomic E-state index is 13.5. The molecule has 1 aliphatic heterocycles. The summed E-state index contributed by atoms with van der Waals surface area (Å²) in [6.07, 6.45) is 10.4. The van der Waals surface area contributed by atoms with Gasteiger partial charge in [-0.1, -0.05) is 6.07 Å². The highest BCUT2D eigenvalue weighted by Gasteiger charge is 2.36. The van der Waals surface area contributed by atoms with Crippen molar-refractivity contribution >= 4 is 28.4 Å². The first kappa shape index (κ1) is 25.0. The van der Waals surface area contributed by atoms with Gasteiger partial charge in [0.1, 0.15) is 5.60 Å². The fourth-order valence-electron chi connectivity index (χ4n) is 5.25. The van der Waals surface area contributed by atoms with Gasteiger partial charge in [0.2, 0.25) is 6.41 Å². The normalized spacial score (nSPS) is 19.4. The van der Waals surface area contributed by atoms with Crippen LogP contribution in [0.4, 0.5) is 10.5 Å². The van der Waals surface area contributed by atoms with Crippen LogP contribution in [-0.4, -0.2) is 48.3 Å². The van der Waals surface area contributed by atoms with Crippen molar-refractivity contribution in [3.05, 3.63) is 40.6 Å². The third-order valence-electron chi connectivity index (χ3n) is 6.72. The molecule has 0 N–H and O–H groups in total. The number of aryl methyl sites for hydroxylation is 2. The van der Waals surface area contributed by atoms with E-state index in [-0.39, 0.29) is 0 Å². The van der Waals surface area contributed by atoms with E-state index in [0.717, 1.165) is 64.9 Å². The molecule has 1 atom stereocenters. The molecule has 0 unspecified atom stereocenters. The summed E-state index contributed by atoms with van der Waals surface area (Å²) in [6, 6.07) is 1.74. The quantitative estimate of drug-likeness (QED) is 0.335. The van der Waals surface area contributed by atoms with Gasteiger partial charge < -0.3 is 9.64 Å². The number of carbonyl (C=O) groups is 2. The minimum absolute atomic E-state index is 0.294. The predicted octanol–water partition coefficient (Wildman–Crippen LogP) is 3.57. The number of carbonyl (C=O) groups excluding carboxylic acids is 2. The first-order valence-corrected chi connectivity index (χ1v) is 13.5. The summed E-state index contributed by atoms with van der Waals surface area (Å²) in [4.78, 5) is 26.3. The number of anilines is 1. The van der Waals surface area contributed by atoms with Gasteiger partial charge in [0.15, 0.2) is 6.19 Å². The molecule has 0 saturated carbocycles. The number of hydrogen-bond donors (Lipinski definition) is 0. The molecule has 2 aliphatic carbocycles. The fraction of sp³-hybridized carbons (Fsp3) is 0.560. The molecule has 1 heterocycles. The lowest BCUT2D eigenvalue weighted by molar-refractivity contribution is -0.106. The number of rotatable bonds is 6. The van der Waals surface area contributed by atoms with Gasteiger partial charge in [0, 0.05) is 12.7 Å². The molecule has 1 aromatic carbocycles. The van der Waals surface area contributed by atoms with E-state index in [2.05, 4.69) is 6.07 Å². The van der Waals surface area contributed by atoms with Gasteiger partial charge in [0.05, 0.1) is 11.7 Å². The predicted molar refractivity (Wildman–Crippen MR) is 131 cm³/mol.